The van der Waals surface area contributed by atoms with Crippen molar-refractivity contribution < 1.29 is 29.6 Å². The number of carbonyl (C=O) groups excluding carboxylic acids is 2. The molecule has 1 atom stereocenters. The van der Waals surface area contributed by atoms with Crippen LogP contribution >= 0.6 is 0 Å². The highest BCUT2D eigenvalue weighted by atomic mass is 16.5. The standard InChI is InChI=1S/C40H79NO6/c1-3-5-7-9-11-13-15-17-18-20-22-24-26-28-30-32-38(45)41-40(34-42,35-43)36-47-39(46)33-37(44)31-29-27-25-23-21-19-16-14-12-10-8-6-4-2/h37,42-44H,3-36H2,1-2H3,(H,41,45). The van der Waals surface area contributed by atoms with Crippen molar-refractivity contribution in [3.63, 3.8) is 0 Å². The Kier molecular flexibility index (Phi) is 33.8. The van der Waals surface area contributed by atoms with Gasteiger partial charge in [-0.05, 0) is 12.8 Å². The summed E-state index contributed by atoms with van der Waals surface area (Å²) in [6, 6.07) is 0. The summed E-state index contributed by atoms with van der Waals surface area (Å²) >= 11 is 0. The van der Waals surface area contributed by atoms with Crippen molar-refractivity contribution in [2.45, 2.75) is 225 Å². The number of nitrogens with one attached hydrogen (secondary N) is 1. The number of hydrogen-bond acceptors (Lipinski definition) is 6. The van der Waals surface area contributed by atoms with E-state index in [1.165, 1.54) is 141 Å². The number of amides is 1. The Morgan fingerprint density at radius 2 is 0.894 bits per heavy atom. The lowest BCUT2D eigenvalue weighted by molar-refractivity contribution is -0.151. The normalized spacial score (nSPS) is 12.4. The van der Waals surface area contributed by atoms with Gasteiger partial charge in [0.2, 0.25) is 5.91 Å². The van der Waals surface area contributed by atoms with Gasteiger partial charge >= 0.3 is 5.97 Å². The predicted molar refractivity (Wildman–Crippen MR) is 196 cm³/mol. The molecule has 0 radical (unpaired) electrons. The Hall–Kier alpha value is -1.18. The summed E-state index contributed by atoms with van der Waals surface area (Å²) in [7, 11) is 0. The fourth-order valence-electron chi connectivity index (χ4n) is 6.24. The van der Waals surface area contributed by atoms with Crippen LogP contribution < -0.4 is 5.32 Å². The number of ether oxygens (including phenoxy) is 1. The Balaban J connectivity index is 3.86. The first-order valence-corrected chi connectivity index (χ1v) is 20.3. The zero-order chi connectivity index (χ0) is 34.7. The minimum Gasteiger partial charge on any atom is -0.463 e. The van der Waals surface area contributed by atoms with Crippen molar-refractivity contribution >= 4 is 11.9 Å². The van der Waals surface area contributed by atoms with E-state index < -0.39 is 30.8 Å². The van der Waals surface area contributed by atoms with E-state index in [0.29, 0.717) is 12.8 Å². The Bertz CT molecular complexity index is 684. The van der Waals surface area contributed by atoms with Gasteiger partial charge in [-0.1, -0.05) is 187 Å². The van der Waals surface area contributed by atoms with E-state index in [9.17, 15) is 24.9 Å². The van der Waals surface area contributed by atoms with Crippen LogP contribution in [-0.2, 0) is 14.3 Å². The van der Waals surface area contributed by atoms with Gasteiger partial charge in [-0.15, -0.1) is 0 Å². The monoisotopic (exact) mass is 670 g/mol. The maximum atomic E-state index is 12.5. The lowest BCUT2D eigenvalue weighted by Gasteiger charge is -2.30. The fraction of sp³-hybridized carbons (Fsp3) is 0.950. The number of hydrogen-bond donors (Lipinski definition) is 4. The molecule has 0 aromatic carbocycles. The van der Waals surface area contributed by atoms with Crippen molar-refractivity contribution in [2.24, 2.45) is 0 Å². The second kappa shape index (κ2) is 34.7. The molecule has 0 bridgehead atoms. The summed E-state index contributed by atoms with van der Waals surface area (Å²) in [4.78, 5) is 24.8. The molecule has 0 heterocycles. The first-order valence-electron chi connectivity index (χ1n) is 20.3. The molecule has 7 heteroatoms. The molecule has 47 heavy (non-hydrogen) atoms. The molecule has 1 unspecified atom stereocenters. The summed E-state index contributed by atoms with van der Waals surface area (Å²) in [6.45, 7) is 3.11. The molecule has 0 aliphatic carbocycles. The number of carbonyl (C=O) groups is 2. The maximum Gasteiger partial charge on any atom is 0.308 e. The SMILES string of the molecule is CCCCCCCCCCCCCCCCCC(=O)NC(CO)(CO)COC(=O)CC(O)CCCCCCCCCCCCCCC. The molecule has 0 fully saturated rings. The van der Waals surface area contributed by atoms with Crippen LogP contribution in [0.15, 0.2) is 0 Å². The van der Waals surface area contributed by atoms with E-state index in [4.69, 9.17) is 4.74 Å². The Morgan fingerprint density at radius 3 is 1.26 bits per heavy atom. The number of unbranched alkanes of at least 4 members (excludes halogenated alkanes) is 26. The van der Waals surface area contributed by atoms with E-state index in [1.807, 2.05) is 0 Å². The summed E-state index contributed by atoms with van der Waals surface area (Å²) in [5, 5.41) is 32.8. The van der Waals surface area contributed by atoms with Crippen molar-refractivity contribution in [1.82, 2.24) is 5.32 Å². The number of esters is 1. The molecule has 7 nitrogen and oxygen atoms in total. The van der Waals surface area contributed by atoms with E-state index in [-0.39, 0.29) is 18.9 Å². The molecular formula is C40H79NO6. The molecule has 0 aliphatic rings. The first-order chi connectivity index (χ1) is 22.9. The molecule has 0 aromatic heterocycles. The molecule has 0 aliphatic heterocycles. The molecule has 280 valence electrons. The lowest BCUT2D eigenvalue weighted by Crippen LogP contribution is -2.57. The highest BCUT2D eigenvalue weighted by molar-refractivity contribution is 5.77. The molecule has 0 spiro atoms. The Labute approximate surface area is 290 Å². The van der Waals surface area contributed by atoms with Gasteiger partial charge in [-0.2, -0.15) is 0 Å². The molecule has 4 N–H and O–H groups in total. The lowest BCUT2D eigenvalue weighted by atomic mass is 10.0. The van der Waals surface area contributed by atoms with Gasteiger partial charge in [0, 0.05) is 6.42 Å². The topological polar surface area (TPSA) is 116 Å². The summed E-state index contributed by atoms with van der Waals surface area (Å²) in [6.07, 6.45) is 35.2. The highest BCUT2D eigenvalue weighted by Crippen LogP contribution is 2.16. The third-order valence-electron chi connectivity index (χ3n) is 9.57. The van der Waals surface area contributed by atoms with Crippen molar-refractivity contribution in [1.29, 1.82) is 0 Å². The summed E-state index contributed by atoms with van der Waals surface area (Å²) in [5.74, 6) is -0.851. The van der Waals surface area contributed by atoms with E-state index in [2.05, 4.69) is 19.2 Å². The zero-order valence-electron chi connectivity index (χ0n) is 31.2. The average Bonchev–Trinajstić information content (AvgIpc) is 3.07. The van der Waals surface area contributed by atoms with Crippen molar-refractivity contribution in [3.05, 3.63) is 0 Å². The first kappa shape index (κ1) is 45.8. The smallest absolute Gasteiger partial charge is 0.308 e. The van der Waals surface area contributed by atoms with Gasteiger partial charge in [0.25, 0.3) is 0 Å². The largest absolute Gasteiger partial charge is 0.463 e. The molecule has 1 amide bonds. The maximum absolute atomic E-state index is 12.5. The highest BCUT2D eigenvalue weighted by Gasteiger charge is 2.32. The minimum atomic E-state index is -1.41. The zero-order valence-corrected chi connectivity index (χ0v) is 31.2. The molecule has 0 saturated carbocycles. The second-order valence-electron chi connectivity index (χ2n) is 14.4. The van der Waals surface area contributed by atoms with Gasteiger partial charge in [0.1, 0.15) is 12.1 Å². The Morgan fingerprint density at radius 1 is 0.553 bits per heavy atom. The predicted octanol–water partition coefficient (Wildman–Crippen LogP) is 9.86. The van der Waals surface area contributed by atoms with E-state index in [0.717, 1.165) is 38.5 Å². The van der Waals surface area contributed by atoms with Gasteiger partial charge in [0.05, 0.1) is 25.7 Å². The summed E-state index contributed by atoms with van der Waals surface area (Å²) in [5.41, 5.74) is -1.41. The van der Waals surface area contributed by atoms with Crippen LogP contribution in [0.5, 0.6) is 0 Å². The van der Waals surface area contributed by atoms with E-state index in [1.54, 1.807) is 0 Å². The average molecular weight is 670 g/mol. The number of aliphatic hydroxyl groups is 3. The van der Waals surface area contributed by atoms with Crippen molar-refractivity contribution in [2.75, 3.05) is 19.8 Å². The third kappa shape index (κ3) is 30.6. The van der Waals surface area contributed by atoms with Crippen LogP contribution in [0.2, 0.25) is 0 Å². The van der Waals surface area contributed by atoms with Crippen LogP contribution in [0.1, 0.15) is 213 Å². The van der Waals surface area contributed by atoms with Crippen LogP contribution in [0.25, 0.3) is 0 Å². The number of rotatable bonds is 37. The van der Waals surface area contributed by atoms with Crippen LogP contribution in [0.3, 0.4) is 0 Å². The minimum absolute atomic E-state index is 0.127. The van der Waals surface area contributed by atoms with Crippen LogP contribution in [-0.4, -0.2) is 58.7 Å². The van der Waals surface area contributed by atoms with Gasteiger partial charge in [-0.3, -0.25) is 9.59 Å². The summed E-state index contributed by atoms with van der Waals surface area (Å²) < 4.78 is 5.28. The number of aliphatic hydroxyl groups excluding tert-OH is 3. The van der Waals surface area contributed by atoms with Crippen LogP contribution in [0, 0.1) is 0 Å². The van der Waals surface area contributed by atoms with Gasteiger partial charge in [0.15, 0.2) is 0 Å². The van der Waals surface area contributed by atoms with Gasteiger partial charge in [-0.25, -0.2) is 0 Å². The molecule has 0 saturated heterocycles. The quantitative estimate of drug-likeness (QED) is 0.0387. The second-order valence-corrected chi connectivity index (χ2v) is 14.4. The fourth-order valence-corrected chi connectivity index (χ4v) is 6.24. The van der Waals surface area contributed by atoms with E-state index >= 15 is 0 Å². The molecule has 0 rings (SSSR count). The van der Waals surface area contributed by atoms with Crippen molar-refractivity contribution in [3.8, 4) is 0 Å². The van der Waals surface area contributed by atoms with Gasteiger partial charge < -0.3 is 25.4 Å². The molecular weight excluding hydrogens is 590 g/mol. The van der Waals surface area contributed by atoms with Crippen LogP contribution in [0.4, 0.5) is 0 Å². The third-order valence-corrected chi connectivity index (χ3v) is 9.57. The molecule has 0 aromatic rings.